The van der Waals surface area contributed by atoms with Crippen molar-refractivity contribution in [3.8, 4) is 11.5 Å². The predicted octanol–water partition coefficient (Wildman–Crippen LogP) is 2.35. The van der Waals surface area contributed by atoms with E-state index in [-0.39, 0.29) is 17.3 Å². The zero-order valence-corrected chi connectivity index (χ0v) is 17.8. The van der Waals surface area contributed by atoms with Crippen molar-refractivity contribution >= 4 is 17.3 Å². The van der Waals surface area contributed by atoms with E-state index >= 15 is 0 Å². The molecule has 0 radical (unpaired) electrons. The summed E-state index contributed by atoms with van der Waals surface area (Å²) >= 11 is 0. The molecule has 1 atom stereocenters. The number of carbonyl (C=O) groups excluding carboxylic acids is 1. The molecule has 0 fully saturated rings. The minimum atomic E-state index is -0.744. The molecule has 32 heavy (non-hydrogen) atoms. The third kappa shape index (κ3) is 2.59. The number of nitrogens with one attached hydrogen (secondary N) is 1. The van der Waals surface area contributed by atoms with E-state index in [1.165, 1.54) is 17.7 Å². The number of aromatic hydroxyl groups is 1. The minimum Gasteiger partial charge on any atom is -0.504 e. The van der Waals surface area contributed by atoms with Gasteiger partial charge >= 0.3 is 5.69 Å². The van der Waals surface area contributed by atoms with Crippen molar-refractivity contribution in [3.63, 3.8) is 0 Å². The third-order valence-electron chi connectivity index (χ3n) is 6.09. The summed E-state index contributed by atoms with van der Waals surface area (Å²) < 4.78 is 7.96. The van der Waals surface area contributed by atoms with E-state index in [1.807, 2.05) is 12.1 Å². The van der Waals surface area contributed by atoms with Gasteiger partial charge in [-0.25, -0.2) is 4.79 Å². The zero-order chi connectivity index (χ0) is 22.7. The van der Waals surface area contributed by atoms with Crippen LogP contribution in [0.1, 0.15) is 39.9 Å². The Balaban J connectivity index is 1.86. The summed E-state index contributed by atoms with van der Waals surface area (Å²) in [6.07, 6.45) is 0. The maximum atomic E-state index is 13.5. The molecule has 8 heteroatoms. The zero-order valence-electron chi connectivity index (χ0n) is 17.8. The number of allylic oxidation sites excluding steroid dienone is 1. The summed E-state index contributed by atoms with van der Waals surface area (Å²) in [5.41, 5.74) is 2.22. The van der Waals surface area contributed by atoms with Gasteiger partial charge in [-0.2, -0.15) is 0 Å². The summed E-state index contributed by atoms with van der Waals surface area (Å²) in [7, 11) is 3.00. The molecule has 0 saturated carbocycles. The Morgan fingerprint density at radius 1 is 1.03 bits per heavy atom. The molecule has 0 spiro atoms. The number of benzene rings is 2. The molecule has 2 N–H and O–H groups in total. The smallest absolute Gasteiger partial charge is 0.332 e. The van der Waals surface area contributed by atoms with Gasteiger partial charge in [0, 0.05) is 36.7 Å². The monoisotopic (exact) mass is 431 g/mol. The first kappa shape index (κ1) is 19.9. The first-order valence-electron chi connectivity index (χ1n) is 10.3. The fourth-order valence-corrected chi connectivity index (χ4v) is 4.57. The van der Waals surface area contributed by atoms with Crippen LogP contribution in [0.5, 0.6) is 11.5 Å². The highest BCUT2D eigenvalue weighted by Crippen LogP contribution is 2.48. The molecule has 162 valence electrons. The lowest BCUT2D eigenvalue weighted by molar-refractivity contribution is 0.103. The standard InChI is InChI=1S/C24H21N3O5/c1-4-32-16-11-12(9-10-15(16)28)17-18-20(13-7-5-6-8-14(13)21(18)29)25-22-19(17)23(30)27(3)24(31)26(22)2/h5-11,17,25,28H,4H2,1-3H3. The van der Waals surface area contributed by atoms with E-state index in [0.717, 1.165) is 10.1 Å². The molecule has 2 aliphatic rings. The van der Waals surface area contributed by atoms with Crippen molar-refractivity contribution < 1.29 is 14.6 Å². The van der Waals surface area contributed by atoms with Gasteiger partial charge < -0.3 is 15.2 Å². The van der Waals surface area contributed by atoms with Crippen LogP contribution in [0.3, 0.4) is 0 Å². The number of ketones is 1. The average molecular weight is 431 g/mol. The van der Waals surface area contributed by atoms with E-state index in [0.29, 0.717) is 40.4 Å². The maximum absolute atomic E-state index is 13.5. The van der Waals surface area contributed by atoms with Gasteiger partial charge in [0.25, 0.3) is 5.56 Å². The topological polar surface area (TPSA) is 103 Å². The number of rotatable bonds is 3. The quantitative estimate of drug-likeness (QED) is 0.660. The number of ether oxygens (including phenoxy) is 1. The van der Waals surface area contributed by atoms with Crippen LogP contribution in [0.4, 0.5) is 5.82 Å². The summed E-state index contributed by atoms with van der Waals surface area (Å²) in [5.74, 6) is -0.352. The largest absolute Gasteiger partial charge is 0.504 e. The molecule has 1 aliphatic heterocycles. The van der Waals surface area contributed by atoms with E-state index in [4.69, 9.17) is 4.74 Å². The third-order valence-corrected chi connectivity index (χ3v) is 6.09. The highest BCUT2D eigenvalue weighted by atomic mass is 16.5. The molecule has 8 nitrogen and oxygen atoms in total. The van der Waals surface area contributed by atoms with Gasteiger partial charge in [0.2, 0.25) is 0 Å². The second kappa shape index (κ2) is 6.98. The number of carbonyl (C=O) groups is 1. The van der Waals surface area contributed by atoms with Gasteiger partial charge in [0.15, 0.2) is 17.3 Å². The van der Waals surface area contributed by atoms with E-state index in [1.54, 1.807) is 38.2 Å². The van der Waals surface area contributed by atoms with Crippen LogP contribution in [0.2, 0.25) is 0 Å². The molecule has 3 aromatic rings. The van der Waals surface area contributed by atoms with Crippen LogP contribution in [-0.2, 0) is 14.1 Å². The molecular weight excluding hydrogens is 410 g/mol. The lowest BCUT2D eigenvalue weighted by Gasteiger charge is -2.30. The normalized spacial score (nSPS) is 16.3. The summed E-state index contributed by atoms with van der Waals surface area (Å²) in [4.78, 5) is 39.4. The van der Waals surface area contributed by atoms with Crippen molar-refractivity contribution in [1.82, 2.24) is 9.13 Å². The molecule has 5 rings (SSSR count). The Morgan fingerprint density at radius 2 is 1.75 bits per heavy atom. The Labute approximate surface area is 183 Å². The van der Waals surface area contributed by atoms with Gasteiger partial charge in [-0.15, -0.1) is 0 Å². The number of hydrogen-bond acceptors (Lipinski definition) is 6. The number of Topliss-reactive ketones (excluding diaryl/α,β-unsaturated/α-hetero) is 1. The summed E-state index contributed by atoms with van der Waals surface area (Å²) in [6.45, 7) is 2.14. The Hall–Kier alpha value is -4.07. The first-order valence-corrected chi connectivity index (χ1v) is 10.3. The second-order valence-corrected chi connectivity index (χ2v) is 7.85. The van der Waals surface area contributed by atoms with Crippen LogP contribution in [0.15, 0.2) is 57.6 Å². The number of anilines is 1. The van der Waals surface area contributed by atoms with Crippen molar-refractivity contribution in [2.75, 3.05) is 11.9 Å². The van der Waals surface area contributed by atoms with Crippen molar-refractivity contribution in [3.05, 3.63) is 91.1 Å². The molecule has 2 aromatic carbocycles. The highest BCUT2D eigenvalue weighted by molar-refractivity contribution is 6.23. The molecular formula is C24H21N3O5. The number of nitrogens with zero attached hydrogens (tertiary/aromatic N) is 2. The summed E-state index contributed by atoms with van der Waals surface area (Å²) in [6, 6.07) is 12.0. The molecule has 2 heterocycles. The number of phenolic OH excluding ortho intramolecular Hbond substituents is 1. The van der Waals surface area contributed by atoms with Gasteiger partial charge in [0.05, 0.1) is 17.9 Å². The number of hydrogen-bond donors (Lipinski definition) is 2. The van der Waals surface area contributed by atoms with Crippen molar-refractivity contribution in [2.45, 2.75) is 12.8 Å². The van der Waals surface area contributed by atoms with Crippen LogP contribution in [0, 0.1) is 0 Å². The van der Waals surface area contributed by atoms with Crippen molar-refractivity contribution in [2.24, 2.45) is 14.1 Å². The SMILES string of the molecule is CCOc1cc(C2C3=C(Nc4c2c(=O)n(C)c(=O)n4C)c2ccccc2C3=O)ccc1O. The highest BCUT2D eigenvalue weighted by Gasteiger charge is 2.42. The minimum absolute atomic E-state index is 0.0339. The fraction of sp³-hybridized carbons (Fsp3) is 0.208. The molecule has 0 amide bonds. The Kier molecular flexibility index (Phi) is 4.33. The van der Waals surface area contributed by atoms with E-state index in [9.17, 15) is 19.5 Å². The molecule has 0 saturated heterocycles. The fourth-order valence-electron chi connectivity index (χ4n) is 4.57. The van der Waals surface area contributed by atoms with Crippen LogP contribution in [0.25, 0.3) is 5.70 Å². The number of phenols is 1. The summed E-state index contributed by atoms with van der Waals surface area (Å²) in [5, 5.41) is 13.4. The number of fused-ring (bicyclic) bond motifs is 3. The van der Waals surface area contributed by atoms with Crippen LogP contribution < -0.4 is 21.3 Å². The molecule has 1 aromatic heterocycles. The number of aromatic nitrogens is 2. The van der Waals surface area contributed by atoms with Crippen molar-refractivity contribution in [1.29, 1.82) is 0 Å². The van der Waals surface area contributed by atoms with Crippen LogP contribution in [-0.4, -0.2) is 26.6 Å². The lowest BCUT2D eigenvalue weighted by Crippen LogP contribution is -2.42. The Bertz CT molecular complexity index is 1460. The predicted molar refractivity (Wildman–Crippen MR) is 119 cm³/mol. The second-order valence-electron chi connectivity index (χ2n) is 7.85. The van der Waals surface area contributed by atoms with Gasteiger partial charge in [-0.1, -0.05) is 30.3 Å². The average Bonchev–Trinajstić information content (AvgIpc) is 3.09. The lowest BCUT2D eigenvalue weighted by atomic mass is 9.81. The molecule has 0 bridgehead atoms. The van der Waals surface area contributed by atoms with E-state index in [2.05, 4.69) is 5.32 Å². The maximum Gasteiger partial charge on any atom is 0.332 e. The van der Waals surface area contributed by atoms with Gasteiger partial charge in [0.1, 0.15) is 5.82 Å². The first-order chi connectivity index (χ1) is 15.3. The van der Waals surface area contributed by atoms with E-state index < -0.39 is 17.2 Å². The van der Waals surface area contributed by atoms with Gasteiger partial charge in [-0.05, 0) is 24.6 Å². The van der Waals surface area contributed by atoms with Crippen LogP contribution >= 0.6 is 0 Å². The molecule has 1 aliphatic carbocycles. The molecule has 1 unspecified atom stereocenters. The Morgan fingerprint density at radius 3 is 2.47 bits per heavy atom. The van der Waals surface area contributed by atoms with Gasteiger partial charge in [-0.3, -0.25) is 18.7 Å².